The van der Waals surface area contributed by atoms with Crippen LogP contribution >= 0.6 is 11.6 Å². The van der Waals surface area contributed by atoms with Gasteiger partial charge in [-0.15, -0.1) is 0 Å². The third-order valence-electron chi connectivity index (χ3n) is 2.82. The molecule has 1 amide bonds. The molecule has 8 heteroatoms. The molecule has 0 bridgehead atoms. The van der Waals surface area contributed by atoms with Crippen molar-refractivity contribution in [2.45, 2.75) is 0 Å². The molecule has 0 aliphatic heterocycles. The van der Waals surface area contributed by atoms with Crippen LogP contribution in [0.5, 0.6) is 0 Å². The van der Waals surface area contributed by atoms with Crippen LogP contribution in [-0.4, -0.2) is 17.0 Å². The number of carbonyl (C=O) groups excluding carboxylic acids is 1. The first kappa shape index (κ1) is 16.1. The van der Waals surface area contributed by atoms with Crippen molar-refractivity contribution in [2.75, 3.05) is 0 Å². The Balaban J connectivity index is 2.07. The minimum absolute atomic E-state index is 0.0485. The Labute approximate surface area is 136 Å². The molecule has 0 radical (unpaired) electrons. The summed E-state index contributed by atoms with van der Waals surface area (Å²) in [7, 11) is 0. The van der Waals surface area contributed by atoms with Gasteiger partial charge < -0.3 is 0 Å². The van der Waals surface area contributed by atoms with E-state index in [1.807, 2.05) is 6.07 Å². The fraction of sp³-hybridized carbons (Fsp3) is 0. The molecule has 23 heavy (non-hydrogen) atoms. The molecule has 114 valence electrons. The van der Waals surface area contributed by atoms with Gasteiger partial charge >= 0.3 is 0 Å². The van der Waals surface area contributed by atoms with E-state index in [0.717, 1.165) is 6.07 Å². The van der Waals surface area contributed by atoms with Crippen molar-refractivity contribution in [3.05, 3.63) is 74.3 Å². The Bertz CT molecular complexity index is 826. The number of nitrogens with zero attached hydrogens (tertiary/aromatic N) is 3. The molecule has 0 aliphatic rings. The Morgan fingerprint density at radius 1 is 1.30 bits per heavy atom. The predicted octanol–water partition coefficient (Wildman–Crippen LogP) is 2.88. The summed E-state index contributed by atoms with van der Waals surface area (Å²) in [5.41, 5.74) is 3.18. The molecule has 0 unspecified atom stereocenters. The molecule has 1 N–H and O–H groups in total. The topological polar surface area (TPSA) is 108 Å². The predicted molar refractivity (Wildman–Crippen MR) is 84.3 cm³/mol. The second-order valence-corrected chi connectivity index (χ2v) is 4.76. The van der Waals surface area contributed by atoms with E-state index in [4.69, 9.17) is 16.9 Å². The van der Waals surface area contributed by atoms with E-state index in [2.05, 4.69) is 10.5 Å². The standard InChI is InChI=1S/C15H9ClN4O3/c16-13-6-5-12(7-14(13)20(22)23)15(21)19-18-9-11-3-1-10(8-17)2-4-11/h1-7,9H,(H,19,21)/b18-9+. The molecular formula is C15H9ClN4O3. The van der Waals surface area contributed by atoms with Crippen LogP contribution in [0.1, 0.15) is 21.5 Å². The Hall–Kier alpha value is -3.24. The summed E-state index contributed by atoms with van der Waals surface area (Å²) in [5.74, 6) is -0.602. The fourth-order valence-electron chi connectivity index (χ4n) is 1.67. The number of nitrogens with one attached hydrogen (secondary N) is 1. The Morgan fingerprint density at radius 3 is 2.61 bits per heavy atom. The second kappa shape index (κ2) is 7.15. The lowest BCUT2D eigenvalue weighted by Gasteiger charge is -2.01. The average molecular weight is 329 g/mol. The van der Waals surface area contributed by atoms with E-state index >= 15 is 0 Å². The van der Waals surface area contributed by atoms with Crippen LogP contribution in [-0.2, 0) is 0 Å². The highest BCUT2D eigenvalue weighted by Gasteiger charge is 2.15. The van der Waals surface area contributed by atoms with Gasteiger partial charge in [0.1, 0.15) is 5.02 Å². The molecule has 0 saturated heterocycles. The SMILES string of the molecule is N#Cc1ccc(/C=N/NC(=O)c2ccc(Cl)c([N+](=O)[O-])c2)cc1. The van der Waals surface area contributed by atoms with Gasteiger partial charge in [-0.05, 0) is 29.8 Å². The van der Waals surface area contributed by atoms with E-state index in [1.54, 1.807) is 24.3 Å². The lowest BCUT2D eigenvalue weighted by molar-refractivity contribution is -0.384. The van der Waals surface area contributed by atoms with E-state index in [1.165, 1.54) is 18.3 Å². The molecule has 0 heterocycles. The maximum atomic E-state index is 11.9. The third kappa shape index (κ3) is 4.12. The van der Waals surface area contributed by atoms with Gasteiger partial charge in [-0.3, -0.25) is 14.9 Å². The highest BCUT2D eigenvalue weighted by atomic mass is 35.5. The fourth-order valence-corrected chi connectivity index (χ4v) is 1.85. The van der Waals surface area contributed by atoms with Crippen molar-refractivity contribution in [3.8, 4) is 6.07 Å². The first-order chi connectivity index (χ1) is 11.0. The number of nitro groups is 1. The second-order valence-electron chi connectivity index (χ2n) is 4.36. The maximum Gasteiger partial charge on any atom is 0.288 e. The monoisotopic (exact) mass is 328 g/mol. The zero-order valence-corrected chi connectivity index (χ0v) is 12.3. The van der Waals surface area contributed by atoms with Crippen LogP contribution in [0.15, 0.2) is 47.6 Å². The summed E-state index contributed by atoms with van der Waals surface area (Å²) in [4.78, 5) is 22.0. The van der Waals surface area contributed by atoms with Gasteiger partial charge in [0.05, 0.1) is 22.8 Å². The number of amides is 1. The summed E-state index contributed by atoms with van der Waals surface area (Å²) >= 11 is 5.68. The van der Waals surface area contributed by atoms with E-state index in [-0.39, 0.29) is 16.3 Å². The van der Waals surface area contributed by atoms with E-state index in [0.29, 0.717) is 11.1 Å². The van der Waals surface area contributed by atoms with E-state index in [9.17, 15) is 14.9 Å². The zero-order valence-electron chi connectivity index (χ0n) is 11.6. The minimum Gasteiger partial charge on any atom is -0.267 e. The Kier molecular flexibility index (Phi) is 5.02. The van der Waals surface area contributed by atoms with Crippen molar-refractivity contribution in [1.29, 1.82) is 5.26 Å². The molecule has 2 aromatic rings. The first-order valence-corrected chi connectivity index (χ1v) is 6.66. The van der Waals surface area contributed by atoms with Crippen LogP contribution < -0.4 is 5.43 Å². The number of hydrogen-bond donors (Lipinski definition) is 1. The highest BCUT2D eigenvalue weighted by Crippen LogP contribution is 2.24. The molecule has 0 aromatic heterocycles. The summed E-state index contributed by atoms with van der Waals surface area (Å²) in [6, 6.07) is 12.3. The molecule has 0 fully saturated rings. The summed E-state index contributed by atoms with van der Waals surface area (Å²) in [5, 5.41) is 23.2. The lowest BCUT2D eigenvalue weighted by atomic mass is 10.2. The molecule has 7 nitrogen and oxygen atoms in total. The molecule has 2 rings (SSSR count). The average Bonchev–Trinajstić information content (AvgIpc) is 2.55. The number of halogens is 1. The number of nitriles is 1. The highest BCUT2D eigenvalue weighted by molar-refractivity contribution is 6.32. The van der Waals surface area contributed by atoms with Gasteiger partial charge in [0.2, 0.25) is 0 Å². The Morgan fingerprint density at radius 2 is 2.00 bits per heavy atom. The van der Waals surface area contributed by atoms with Crippen LogP contribution in [0, 0.1) is 21.4 Å². The molecule has 0 saturated carbocycles. The van der Waals surface area contributed by atoms with Crippen LogP contribution in [0.3, 0.4) is 0 Å². The lowest BCUT2D eigenvalue weighted by Crippen LogP contribution is -2.17. The van der Waals surface area contributed by atoms with Gasteiger partial charge in [-0.1, -0.05) is 23.7 Å². The molecular weight excluding hydrogens is 320 g/mol. The number of hydrazone groups is 1. The summed E-state index contributed by atoms with van der Waals surface area (Å²) in [6.45, 7) is 0. The van der Waals surface area contributed by atoms with Crippen LogP contribution in [0.4, 0.5) is 5.69 Å². The number of nitro benzene ring substituents is 1. The molecule has 0 aliphatic carbocycles. The number of rotatable bonds is 4. The van der Waals surface area contributed by atoms with Crippen LogP contribution in [0.25, 0.3) is 0 Å². The third-order valence-corrected chi connectivity index (χ3v) is 3.14. The van der Waals surface area contributed by atoms with Crippen molar-refractivity contribution in [1.82, 2.24) is 5.43 Å². The van der Waals surface area contributed by atoms with E-state index < -0.39 is 10.8 Å². The van der Waals surface area contributed by atoms with Crippen molar-refractivity contribution in [2.24, 2.45) is 5.10 Å². The largest absolute Gasteiger partial charge is 0.288 e. The van der Waals surface area contributed by atoms with Crippen LogP contribution in [0.2, 0.25) is 5.02 Å². The molecule has 0 spiro atoms. The first-order valence-electron chi connectivity index (χ1n) is 6.29. The summed E-state index contributed by atoms with van der Waals surface area (Å²) < 4.78 is 0. The maximum absolute atomic E-state index is 11.9. The van der Waals surface area contributed by atoms with Crippen molar-refractivity contribution < 1.29 is 9.72 Å². The molecule has 0 atom stereocenters. The number of hydrogen-bond acceptors (Lipinski definition) is 5. The zero-order chi connectivity index (χ0) is 16.8. The van der Waals surface area contributed by atoms with Gasteiger partial charge in [0.25, 0.3) is 11.6 Å². The normalized spacial score (nSPS) is 10.3. The van der Waals surface area contributed by atoms with Crippen molar-refractivity contribution >= 4 is 29.4 Å². The van der Waals surface area contributed by atoms with Gasteiger partial charge in [0, 0.05) is 11.6 Å². The minimum atomic E-state index is -0.668. The number of benzene rings is 2. The quantitative estimate of drug-likeness (QED) is 0.528. The smallest absolute Gasteiger partial charge is 0.267 e. The van der Waals surface area contributed by atoms with Gasteiger partial charge in [-0.25, -0.2) is 5.43 Å². The number of carbonyl (C=O) groups is 1. The van der Waals surface area contributed by atoms with Crippen molar-refractivity contribution in [3.63, 3.8) is 0 Å². The van der Waals surface area contributed by atoms with Gasteiger partial charge in [0.15, 0.2) is 0 Å². The van der Waals surface area contributed by atoms with Gasteiger partial charge in [-0.2, -0.15) is 10.4 Å². The summed E-state index contributed by atoms with van der Waals surface area (Å²) in [6.07, 6.45) is 1.39. The molecule has 2 aromatic carbocycles.